The molecule has 0 radical (unpaired) electrons. The lowest BCUT2D eigenvalue weighted by molar-refractivity contribution is -0.230. The van der Waals surface area contributed by atoms with E-state index in [4.69, 9.17) is 92.3 Å². The molecule has 3 aromatic carbocycles. The highest BCUT2D eigenvalue weighted by atomic mass is 35.5. The summed E-state index contributed by atoms with van der Waals surface area (Å²) in [6, 6.07) is 5.41. The van der Waals surface area contributed by atoms with Crippen LogP contribution in [-0.2, 0) is 47.9 Å². The third-order valence-electron chi connectivity index (χ3n) is 20.4. The molecule has 7 N–H and O–H groups in total. The second-order valence-corrected chi connectivity index (χ2v) is 28.5. The van der Waals surface area contributed by atoms with Gasteiger partial charge in [0.15, 0.2) is 17.2 Å². The number of halogens is 9. The highest BCUT2D eigenvalue weighted by Gasteiger charge is 2.77. The summed E-state index contributed by atoms with van der Waals surface area (Å²) in [4.78, 5) is 129. The van der Waals surface area contributed by atoms with Crippen LogP contribution in [0, 0.1) is 53.3 Å². The third kappa shape index (κ3) is 11.6. The molecular formula is C65H65Cl6F3N6O16. The maximum Gasteiger partial charge on any atom is 0.490 e. The van der Waals surface area contributed by atoms with Gasteiger partial charge in [0.1, 0.15) is 0 Å². The first kappa shape index (κ1) is 71.5. The standard InChI is InChI=1S/C35H34Cl2N4O6.C14H15ClN2O2.C7H6Cl2O2.C7H8O4.C2HF3O2.ClH/c1-16-9-38-30-24(46-18(3)42)5-22-28(26(16)30)20(7-36)11-40(22)32(44)34-13-35(14-34,15-34)33(45)41-12-21(8-37)29-23(41)6-25(47-19(4)43)31-27(29)17(2)10-39-31;1-7-5-17-14-11(19-8(2)18)3-10-13(12(7)14)9(4-15)6-16-10;8-4(10)6-1-7(2-6,3-6)5(9)11;8-4(9)6-1-7(2-6,3-6)5(10)11;3-2(4,5)1(6)7;/h5-6,9-10,20-21,38-39H,7-8,11-15H2,1-4H3;3,5,9,16-17H,4,6H2,1-2H3;1-3H2;1-3H2,(H,8,9)(H,10,11);(H,6,7);1H/t20-,21-,34?,35?;9-;;;;/m11..../s1. The number of amides is 2. The predicted octanol–water partition coefficient (Wildman–Crippen LogP) is 12.5. The molecule has 31 heteroatoms. The monoisotopic (exact) mass is 1450 g/mol. The number of hydrogen-bond donors (Lipinski definition) is 7. The van der Waals surface area contributed by atoms with Gasteiger partial charge in [0.2, 0.25) is 22.3 Å². The molecule has 3 aromatic heterocycles. The average molecular weight is 1460 g/mol. The number of carboxylic acid groups (broad SMARTS) is 3. The van der Waals surface area contributed by atoms with Crippen LogP contribution in [0.1, 0.15) is 130 Å². The number of hydrogen-bond acceptors (Lipinski definition) is 14. The molecule has 22 nitrogen and oxygen atoms in total. The molecule has 18 rings (SSSR count). The van der Waals surface area contributed by atoms with Gasteiger partial charge in [0, 0.05) is 145 Å². The lowest BCUT2D eigenvalue weighted by Crippen LogP contribution is -2.73. The number of carbonyl (C=O) groups is 10. The highest BCUT2D eigenvalue weighted by Crippen LogP contribution is 2.76. The Balaban J connectivity index is 0.000000165. The van der Waals surface area contributed by atoms with Crippen molar-refractivity contribution in [2.24, 2.45) is 32.5 Å². The Morgan fingerprint density at radius 2 is 0.812 bits per heavy atom. The maximum atomic E-state index is 14.4. The van der Waals surface area contributed by atoms with Gasteiger partial charge in [-0.2, -0.15) is 13.2 Å². The van der Waals surface area contributed by atoms with Crippen molar-refractivity contribution in [2.75, 3.05) is 52.4 Å². The zero-order valence-corrected chi connectivity index (χ0v) is 56.9. The third-order valence-corrected chi connectivity index (χ3v) is 22.3. The second kappa shape index (κ2) is 25.2. The number of aryl methyl sites for hydroxylation is 3. The second-order valence-electron chi connectivity index (χ2n) is 26.9. The molecule has 6 aromatic rings. The van der Waals surface area contributed by atoms with E-state index in [9.17, 15) is 56.3 Å². The molecule has 3 aliphatic heterocycles. The summed E-state index contributed by atoms with van der Waals surface area (Å²) in [5, 5.41) is 30.1. The Hall–Kier alpha value is -7.29. The van der Waals surface area contributed by atoms with E-state index in [0.29, 0.717) is 134 Å². The number of rotatable bonds is 12. The molecule has 3 atom stereocenters. The van der Waals surface area contributed by atoms with Gasteiger partial charge in [-0.05, 0) is 135 Å². The highest BCUT2D eigenvalue weighted by molar-refractivity contribution is 6.67. The van der Waals surface area contributed by atoms with Crippen molar-refractivity contribution in [1.82, 2.24) is 15.0 Å². The van der Waals surface area contributed by atoms with Gasteiger partial charge < -0.3 is 59.6 Å². The summed E-state index contributed by atoms with van der Waals surface area (Å²) in [5.41, 5.74) is 7.66. The first-order chi connectivity index (χ1) is 44.5. The van der Waals surface area contributed by atoms with E-state index in [2.05, 4.69) is 20.3 Å². The van der Waals surface area contributed by atoms with Gasteiger partial charge in [0.05, 0.1) is 49.6 Å². The minimum Gasteiger partial charge on any atom is -0.481 e. The summed E-state index contributed by atoms with van der Waals surface area (Å²) in [7, 11) is 0. The summed E-state index contributed by atoms with van der Waals surface area (Å²) in [5.74, 6) is -3.02. The van der Waals surface area contributed by atoms with E-state index in [-0.39, 0.29) is 63.3 Å². The fourth-order valence-corrected chi connectivity index (χ4v) is 17.3. The smallest absolute Gasteiger partial charge is 0.481 e. The van der Waals surface area contributed by atoms with Crippen LogP contribution in [-0.4, -0.2) is 132 Å². The molecule has 9 aliphatic carbocycles. The van der Waals surface area contributed by atoms with Gasteiger partial charge >= 0.3 is 42.0 Å². The van der Waals surface area contributed by atoms with Crippen molar-refractivity contribution in [1.29, 1.82) is 0 Å². The Kier molecular flexibility index (Phi) is 18.8. The zero-order valence-electron chi connectivity index (χ0n) is 52.3. The molecule has 0 spiro atoms. The van der Waals surface area contributed by atoms with Crippen LogP contribution in [0.25, 0.3) is 32.7 Å². The van der Waals surface area contributed by atoms with Crippen LogP contribution in [0.4, 0.5) is 30.2 Å². The number of anilines is 3. The van der Waals surface area contributed by atoms with Crippen LogP contribution in [0.15, 0.2) is 36.8 Å². The Morgan fingerprint density at radius 1 is 0.510 bits per heavy atom. The molecule has 9 fully saturated rings. The first-order valence-corrected chi connectivity index (χ1v) is 32.6. The molecule has 2 amide bonds. The summed E-state index contributed by atoms with van der Waals surface area (Å²) < 4.78 is 48.2. The van der Waals surface area contributed by atoms with Crippen LogP contribution in [0.3, 0.4) is 0 Å². The fraction of sp³-hybridized carbons (Fsp3) is 0.477. The van der Waals surface area contributed by atoms with Crippen LogP contribution >= 0.6 is 70.4 Å². The number of H-pyrrole nitrogens is 3. The summed E-state index contributed by atoms with van der Waals surface area (Å²) >= 11 is 29.7. The molecule has 0 saturated heterocycles. The van der Waals surface area contributed by atoms with Gasteiger partial charge in [-0.1, -0.05) is 0 Å². The number of nitrogens with one attached hydrogen (secondary N) is 4. The number of nitrogens with zero attached hydrogens (tertiary/aromatic N) is 2. The lowest BCUT2D eigenvalue weighted by Gasteiger charge is -2.69. The SMILES string of the molecule is CC(=O)Oc1cc2c(c3c(C)c[nH]c13)[C@H](CCl)CN2.CC(=O)Oc1cc2c(c3c(C)c[nH]c13)[C@H](CCl)CN2C(=O)C12CC(C(=O)N3C[C@@H](CCl)c4c3cc(OC(C)=O)c3[nH]cc(C)c43)(C1)C2.Cl.O=C(Cl)C12CC(C(=O)Cl)(C1)C2.O=C(O)C(F)(F)F.O=C(O)C12CC(C(=O)O)(C1)C2. The number of ether oxygens (including phenoxy) is 3. The van der Waals surface area contributed by atoms with Gasteiger partial charge in [0.25, 0.3) is 0 Å². The predicted molar refractivity (Wildman–Crippen MR) is 351 cm³/mol. The number of aromatic nitrogens is 3. The number of carbonyl (C=O) groups excluding carboxylic acids is 7. The Morgan fingerprint density at radius 3 is 1.10 bits per heavy atom. The number of benzene rings is 3. The molecular weight excluding hydrogens is 1390 g/mol. The van der Waals surface area contributed by atoms with Crippen molar-refractivity contribution < 1.29 is 90.6 Å². The summed E-state index contributed by atoms with van der Waals surface area (Å²) in [6.07, 6.45) is 4.69. The Bertz CT molecular complexity index is 4050. The normalized spacial score (nSPS) is 27.1. The average Bonchev–Trinajstić information content (AvgIpc) is 0.797. The zero-order chi connectivity index (χ0) is 69.4. The van der Waals surface area contributed by atoms with Crippen molar-refractivity contribution in [3.05, 3.63) is 70.2 Å². The summed E-state index contributed by atoms with van der Waals surface area (Å²) in [6.45, 7) is 11.8. The number of aromatic amines is 3. The van der Waals surface area contributed by atoms with E-state index < -0.39 is 57.7 Å². The van der Waals surface area contributed by atoms with Gasteiger partial charge in [-0.25, -0.2) is 4.79 Å². The number of esters is 3. The number of fused-ring (bicyclic) bond motifs is 9. The van der Waals surface area contributed by atoms with E-state index in [1.54, 1.807) is 21.9 Å². The molecule has 6 bridgehead atoms. The minimum absolute atomic E-state index is 0. The van der Waals surface area contributed by atoms with Crippen molar-refractivity contribution in [2.45, 2.75) is 123 Å². The van der Waals surface area contributed by atoms with E-state index >= 15 is 0 Å². The van der Waals surface area contributed by atoms with E-state index in [1.165, 1.54) is 26.3 Å². The number of alkyl halides is 6. The van der Waals surface area contributed by atoms with Gasteiger partial charge in [-0.15, -0.1) is 47.2 Å². The topological polar surface area (TPSA) is 325 Å². The maximum absolute atomic E-state index is 14.4. The molecule has 12 aliphatic rings. The van der Waals surface area contributed by atoms with Crippen LogP contribution in [0.2, 0.25) is 0 Å². The number of aliphatic carboxylic acids is 3. The molecule has 6 heterocycles. The largest absolute Gasteiger partial charge is 0.490 e. The van der Waals surface area contributed by atoms with E-state index in [1.807, 2.05) is 45.4 Å². The van der Waals surface area contributed by atoms with Crippen molar-refractivity contribution in [3.63, 3.8) is 0 Å². The fourth-order valence-electron chi connectivity index (χ4n) is 16.1. The van der Waals surface area contributed by atoms with Crippen LogP contribution < -0.4 is 29.3 Å². The first-order valence-electron chi connectivity index (χ1n) is 30.2. The van der Waals surface area contributed by atoms with Crippen molar-refractivity contribution in [3.8, 4) is 17.2 Å². The minimum atomic E-state index is -5.08. The molecule has 0 unspecified atom stereocenters. The molecule has 96 heavy (non-hydrogen) atoms. The van der Waals surface area contributed by atoms with Crippen LogP contribution in [0.5, 0.6) is 17.2 Å². The van der Waals surface area contributed by atoms with E-state index in [0.717, 1.165) is 61.7 Å². The quantitative estimate of drug-likeness (QED) is 0.0259. The lowest BCUT2D eigenvalue weighted by atomic mass is 9.34. The number of carboxylic acids is 3. The molecule has 514 valence electrons. The molecule has 9 saturated carbocycles. The Labute approximate surface area is 576 Å². The van der Waals surface area contributed by atoms with Gasteiger partial charge in [-0.3, -0.25) is 43.2 Å². The van der Waals surface area contributed by atoms with Crippen molar-refractivity contribution >= 4 is 178 Å².